The number of alkyl halides is 3. The summed E-state index contributed by atoms with van der Waals surface area (Å²) in [6, 6.07) is 2.64. The lowest BCUT2D eigenvalue weighted by molar-refractivity contribution is -0.384. The molecule has 1 saturated carbocycles. The quantitative estimate of drug-likeness (QED) is 0.562. The van der Waals surface area contributed by atoms with E-state index in [0.29, 0.717) is 29.1 Å². The molecule has 0 saturated heterocycles. The average molecular weight is 351 g/mol. The Morgan fingerprint density at radius 2 is 1.83 bits per heavy atom. The number of nitrogens with zero attached hydrogens (tertiary/aromatic N) is 2. The van der Waals surface area contributed by atoms with Crippen LogP contribution < -0.4 is 4.90 Å². The van der Waals surface area contributed by atoms with Crippen molar-refractivity contribution >= 4 is 23.0 Å². The van der Waals surface area contributed by atoms with Gasteiger partial charge in [-0.2, -0.15) is 13.2 Å². The van der Waals surface area contributed by atoms with Crippen LogP contribution in [0, 0.1) is 23.0 Å². The van der Waals surface area contributed by atoms with Crippen molar-refractivity contribution in [2.24, 2.45) is 5.92 Å². The van der Waals surface area contributed by atoms with Gasteiger partial charge in [0.05, 0.1) is 10.8 Å². The number of nitro groups is 1. The zero-order valence-electron chi connectivity index (χ0n) is 12.9. The zero-order chi connectivity index (χ0) is 17.4. The minimum atomic E-state index is -4.17. The monoisotopic (exact) mass is 350 g/mol. The van der Waals surface area contributed by atoms with Crippen molar-refractivity contribution in [3.8, 4) is 0 Å². The number of hydrogen-bond acceptors (Lipinski definition) is 3. The van der Waals surface area contributed by atoms with E-state index >= 15 is 0 Å². The molecular weight excluding hydrogens is 333 g/mol. The Balaban J connectivity index is 2.24. The summed E-state index contributed by atoms with van der Waals surface area (Å²) >= 11 is 6.06. The van der Waals surface area contributed by atoms with E-state index in [0.717, 1.165) is 0 Å². The highest BCUT2D eigenvalue weighted by Gasteiger charge is 2.42. The zero-order valence-corrected chi connectivity index (χ0v) is 13.6. The SMILES string of the molecule is Cc1c(Cl)ccc([N+](=O)[O-])c1N(C)C1CCC(C(F)(F)F)CC1. The second-order valence-corrected chi connectivity index (χ2v) is 6.36. The molecule has 0 unspecified atom stereocenters. The summed E-state index contributed by atoms with van der Waals surface area (Å²) in [6.07, 6.45) is -3.37. The third kappa shape index (κ3) is 3.71. The molecule has 0 N–H and O–H groups in total. The molecule has 0 heterocycles. The van der Waals surface area contributed by atoms with Gasteiger partial charge in [-0.1, -0.05) is 11.6 Å². The number of halogens is 4. The molecule has 0 bridgehead atoms. The maximum absolute atomic E-state index is 12.8. The lowest BCUT2D eigenvalue weighted by Crippen LogP contribution is -2.38. The van der Waals surface area contributed by atoms with Crippen LogP contribution in [0.1, 0.15) is 31.2 Å². The molecule has 0 aliphatic heterocycles. The van der Waals surface area contributed by atoms with E-state index in [9.17, 15) is 23.3 Å². The first-order valence-corrected chi connectivity index (χ1v) is 7.73. The highest BCUT2D eigenvalue weighted by molar-refractivity contribution is 6.31. The van der Waals surface area contributed by atoms with Gasteiger partial charge >= 0.3 is 6.18 Å². The molecule has 128 valence electrons. The van der Waals surface area contributed by atoms with Crippen molar-refractivity contribution in [2.75, 3.05) is 11.9 Å². The highest BCUT2D eigenvalue weighted by atomic mass is 35.5. The van der Waals surface area contributed by atoms with Crippen molar-refractivity contribution in [3.05, 3.63) is 32.8 Å². The number of benzene rings is 1. The average Bonchev–Trinajstić information content (AvgIpc) is 2.48. The molecule has 1 aromatic rings. The lowest BCUT2D eigenvalue weighted by atomic mass is 9.84. The van der Waals surface area contributed by atoms with Crippen molar-refractivity contribution < 1.29 is 18.1 Å². The van der Waals surface area contributed by atoms with Gasteiger partial charge in [0.15, 0.2) is 0 Å². The van der Waals surface area contributed by atoms with Gasteiger partial charge in [0.25, 0.3) is 5.69 Å². The van der Waals surface area contributed by atoms with Crippen LogP contribution >= 0.6 is 11.6 Å². The predicted octanol–water partition coefficient (Wildman–Crippen LogP) is 5.11. The van der Waals surface area contributed by atoms with E-state index in [-0.39, 0.29) is 24.6 Å². The van der Waals surface area contributed by atoms with Gasteiger partial charge in [0.2, 0.25) is 0 Å². The molecule has 2 rings (SSSR count). The molecule has 0 radical (unpaired) electrons. The van der Waals surface area contributed by atoms with Crippen LogP contribution in [0.5, 0.6) is 0 Å². The fourth-order valence-corrected chi connectivity index (χ4v) is 3.38. The minimum absolute atomic E-state index is 0.0475. The number of nitro benzene ring substituents is 1. The molecule has 8 heteroatoms. The predicted molar refractivity (Wildman–Crippen MR) is 83.0 cm³/mol. The van der Waals surface area contributed by atoms with Crippen LogP contribution in [-0.2, 0) is 0 Å². The smallest absolute Gasteiger partial charge is 0.366 e. The molecule has 0 atom stereocenters. The van der Waals surface area contributed by atoms with Crippen LogP contribution in [0.2, 0.25) is 5.02 Å². The summed E-state index contributed by atoms with van der Waals surface area (Å²) in [5.41, 5.74) is 0.881. The van der Waals surface area contributed by atoms with E-state index in [1.807, 2.05) is 0 Å². The minimum Gasteiger partial charge on any atom is -0.366 e. The summed E-state index contributed by atoms with van der Waals surface area (Å²) < 4.78 is 38.3. The maximum atomic E-state index is 12.8. The molecule has 0 aromatic heterocycles. The van der Waals surface area contributed by atoms with Crippen molar-refractivity contribution in [1.29, 1.82) is 0 Å². The molecule has 23 heavy (non-hydrogen) atoms. The highest BCUT2D eigenvalue weighted by Crippen LogP contribution is 2.42. The van der Waals surface area contributed by atoms with Gasteiger partial charge in [0.1, 0.15) is 5.69 Å². The summed E-state index contributed by atoms with van der Waals surface area (Å²) in [5.74, 6) is -1.28. The number of hydrogen-bond donors (Lipinski definition) is 0. The Hall–Kier alpha value is -1.50. The standard InChI is InChI=1S/C15H18ClF3N2O2/c1-9-12(16)7-8-13(21(22)23)14(9)20(2)11-5-3-10(4-6-11)15(17,18)19/h7-8,10-11H,3-6H2,1-2H3. The van der Waals surface area contributed by atoms with E-state index in [1.165, 1.54) is 12.1 Å². The van der Waals surface area contributed by atoms with Gasteiger partial charge in [-0.25, -0.2) is 0 Å². The Kier molecular flexibility index (Phi) is 5.08. The molecule has 1 aliphatic rings. The third-order valence-corrected chi connectivity index (χ3v) is 5.01. The molecule has 1 aromatic carbocycles. The molecule has 1 fully saturated rings. The first-order valence-electron chi connectivity index (χ1n) is 7.36. The van der Waals surface area contributed by atoms with Crippen LogP contribution in [0.3, 0.4) is 0 Å². The summed E-state index contributed by atoms with van der Waals surface area (Å²) in [6.45, 7) is 1.68. The van der Waals surface area contributed by atoms with Crippen LogP contribution in [-0.4, -0.2) is 24.2 Å². The first kappa shape index (κ1) is 17.8. The molecule has 1 aliphatic carbocycles. The second-order valence-electron chi connectivity index (χ2n) is 5.96. The first-order chi connectivity index (χ1) is 10.6. The van der Waals surface area contributed by atoms with Crippen molar-refractivity contribution in [1.82, 2.24) is 0 Å². The van der Waals surface area contributed by atoms with E-state index in [2.05, 4.69) is 0 Å². The van der Waals surface area contributed by atoms with Gasteiger partial charge in [-0.15, -0.1) is 0 Å². The summed E-state index contributed by atoms with van der Waals surface area (Å²) in [4.78, 5) is 12.5. The van der Waals surface area contributed by atoms with Crippen LogP contribution in [0.15, 0.2) is 12.1 Å². The topological polar surface area (TPSA) is 46.4 Å². The Morgan fingerprint density at radius 3 is 2.30 bits per heavy atom. The Morgan fingerprint density at radius 1 is 1.26 bits per heavy atom. The van der Waals surface area contributed by atoms with Gasteiger partial charge in [-0.05, 0) is 44.2 Å². The van der Waals surface area contributed by atoms with Crippen molar-refractivity contribution in [3.63, 3.8) is 0 Å². The second kappa shape index (κ2) is 6.55. The number of anilines is 1. The summed E-state index contributed by atoms with van der Waals surface area (Å²) in [5, 5.41) is 11.6. The maximum Gasteiger partial charge on any atom is 0.391 e. The molecular formula is C15H18ClF3N2O2. The van der Waals surface area contributed by atoms with Crippen LogP contribution in [0.4, 0.5) is 24.5 Å². The van der Waals surface area contributed by atoms with Crippen molar-refractivity contribution in [2.45, 2.75) is 44.8 Å². The van der Waals surface area contributed by atoms with Gasteiger partial charge < -0.3 is 4.90 Å². The fraction of sp³-hybridized carbons (Fsp3) is 0.600. The molecule has 4 nitrogen and oxygen atoms in total. The lowest BCUT2D eigenvalue weighted by Gasteiger charge is -2.36. The largest absolute Gasteiger partial charge is 0.391 e. The normalized spacial score (nSPS) is 22.0. The Bertz CT molecular complexity index is 599. The Labute approximate surface area is 137 Å². The molecule has 0 amide bonds. The van der Waals surface area contributed by atoms with Crippen LogP contribution in [0.25, 0.3) is 0 Å². The van der Waals surface area contributed by atoms with E-state index < -0.39 is 17.0 Å². The third-order valence-electron chi connectivity index (χ3n) is 4.60. The van der Waals surface area contributed by atoms with Gasteiger partial charge in [-0.3, -0.25) is 10.1 Å². The van der Waals surface area contributed by atoms with Gasteiger partial charge in [0, 0.05) is 24.2 Å². The van der Waals surface area contributed by atoms with E-state index in [4.69, 9.17) is 11.6 Å². The molecule has 0 spiro atoms. The van der Waals surface area contributed by atoms with E-state index in [1.54, 1.807) is 18.9 Å². The summed E-state index contributed by atoms with van der Waals surface area (Å²) in [7, 11) is 1.68. The number of rotatable bonds is 3. The fourth-order valence-electron chi connectivity index (χ4n) is 3.23.